The minimum absolute atomic E-state index is 0.295. The van der Waals surface area contributed by atoms with E-state index in [9.17, 15) is 4.79 Å². The number of hydrogen-bond donors (Lipinski definition) is 0. The van der Waals surface area contributed by atoms with Gasteiger partial charge in [0.25, 0.3) is 6.47 Å². The van der Waals surface area contributed by atoms with E-state index < -0.39 is 0 Å². The van der Waals surface area contributed by atoms with Crippen LogP contribution in [-0.4, -0.2) is 16.3 Å². The Morgan fingerprint density at radius 1 is 1.21 bits per heavy atom. The molecule has 4 heteroatoms. The van der Waals surface area contributed by atoms with Crippen molar-refractivity contribution in [1.82, 2.24) is 9.78 Å². The van der Waals surface area contributed by atoms with E-state index in [0.29, 0.717) is 12.4 Å². The van der Waals surface area contributed by atoms with Gasteiger partial charge in [-0.25, -0.2) is 4.68 Å². The van der Waals surface area contributed by atoms with E-state index in [1.54, 1.807) is 16.9 Å². The Morgan fingerprint density at radius 2 is 2.00 bits per heavy atom. The number of ether oxygens (including phenoxy) is 1. The first kappa shape index (κ1) is 8.50. The van der Waals surface area contributed by atoms with Crippen LogP contribution in [0.3, 0.4) is 0 Å². The van der Waals surface area contributed by atoms with Crippen LogP contribution >= 0.6 is 0 Å². The van der Waals surface area contributed by atoms with Gasteiger partial charge in [0.05, 0.1) is 5.69 Å². The Balaban J connectivity index is 2.29. The Hall–Kier alpha value is -2.10. The maximum absolute atomic E-state index is 10.0. The third-order valence-electron chi connectivity index (χ3n) is 1.75. The Labute approximate surface area is 80.7 Å². The minimum atomic E-state index is 0.295. The predicted octanol–water partition coefficient (Wildman–Crippen LogP) is 1.41. The van der Waals surface area contributed by atoms with Crippen molar-refractivity contribution in [2.24, 2.45) is 0 Å². The topological polar surface area (TPSA) is 44.1 Å². The molecular formula is C10H8N2O2. The minimum Gasteiger partial charge on any atom is -0.408 e. The van der Waals surface area contributed by atoms with E-state index in [0.717, 1.165) is 5.69 Å². The van der Waals surface area contributed by atoms with Gasteiger partial charge in [-0.3, -0.25) is 4.79 Å². The molecule has 0 saturated carbocycles. The quantitative estimate of drug-likeness (QED) is 0.684. The summed E-state index contributed by atoms with van der Waals surface area (Å²) in [6, 6.07) is 11.2. The lowest BCUT2D eigenvalue weighted by atomic mass is 10.3. The van der Waals surface area contributed by atoms with Crippen LogP contribution in [0.1, 0.15) is 0 Å². The molecule has 0 N–H and O–H groups in total. The van der Waals surface area contributed by atoms with Crippen molar-refractivity contribution < 1.29 is 9.53 Å². The zero-order valence-electron chi connectivity index (χ0n) is 7.33. The molecule has 0 spiro atoms. The van der Waals surface area contributed by atoms with Gasteiger partial charge in [-0.2, -0.15) is 0 Å². The van der Waals surface area contributed by atoms with Gasteiger partial charge in [-0.1, -0.05) is 18.2 Å². The molecule has 14 heavy (non-hydrogen) atoms. The molecule has 0 aliphatic rings. The van der Waals surface area contributed by atoms with Crippen molar-refractivity contribution in [2.45, 2.75) is 0 Å². The van der Waals surface area contributed by atoms with Gasteiger partial charge >= 0.3 is 0 Å². The molecule has 4 nitrogen and oxygen atoms in total. The first-order valence-electron chi connectivity index (χ1n) is 4.11. The number of benzene rings is 1. The molecule has 0 bridgehead atoms. The fraction of sp³-hybridized carbons (Fsp3) is 0. The highest BCUT2D eigenvalue weighted by molar-refractivity contribution is 5.43. The summed E-state index contributed by atoms with van der Waals surface area (Å²) in [4.78, 5) is 10.0. The van der Waals surface area contributed by atoms with Gasteiger partial charge in [-0.05, 0) is 12.1 Å². The highest BCUT2D eigenvalue weighted by Gasteiger charge is 1.99. The number of para-hydroxylation sites is 1. The Morgan fingerprint density at radius 3 is 2.71 bits per heavy atom. The second-order valence-electron chi connectivity index (χ2n) is 2.65. The van der Waals surface area contributed by atoms with Gasteiger partial charge in [0.15, 0.2) is 0 Å². The van der Waals surface area contributed by atoms with Crippen molar-refractivity contribution >= 4 is 6.47 Å². The van der Waals surface area contributed by atoms with Gasteiger partial charge < -0.3 is 4.74 Å². The fourth-order valence-electron chi connectivity index (χ4n) is 1.14. The second kappa shape index (κ2) is 3.74. The maximum atomic E-state index is 10.0. The summed E-state index contributed by atoms with van der Waals surface area (Å²) in [7, 11) is 0. The first-order valence-corrected chi connectivity index (χ1v) is 4.11. The number of nitrogens with zero attached hydrogens (tertiary/aromatic N) is 2. The molecule has 0 saturated heterocycles. The lowest BCUT2D eigenvalue weighted by Gasteiger charge is -1.98. The molecule has 1 aromatic heterocycles. The zero-order valence-corrected chi connectivity index (χ0v) is 7.33. The summed E-state index contributed by atoms with van der Waals surface area (Å²) in [6.45, 7) is 0.359. The monoisotopic (exact) mass is 188 g/mol. The van der Waals surface area contributed by atoms with Crippen molar-refractivity contribution in [3.8, 4) is 11.6 Å². The molecule has 0 unspecified atom stereocenters. The van der Waals surface area contributed by atoms with Gasteiger partial charge in [0, 0.05) is 12.3 Å². The molecule has 2 rings (SSSR count). The van der Waals surface area contributed by atoms with Crippen LogP contribution in [0.4, 0.5) is 0 Å². The van der Waals surface area contributed by atoms with Crippen LogP contribution in [0.25, 0.3) is 5.69 Å². The molecule has 0 aliphatic carbocycles. The molecular weight excluding hydrogens is 180 g/mol. The number of hydrogen-bond acceptors (Lipinski definition) is 3. The van der Waals surface area contributed by atoms with Crippen LogP contribution in [0.5, 0.6) is 5.88 Å². The zero-order chi connectivity index (χ0) is 9.80. The molecule has 2 aromatic rings. The van der Waals surface area contributed by atoms with E-state index in [-0.39, 0.29) is 0 Å². The standard InChI is InChI=1S/C10H8N2O2/c13-8-14-10-6-7-12(11-10)9-4-2-1-3-5-9/h1-8H. The maximum Gasteiger partial charge on any atom is 0.299 e. The SMILES string of the molecule is O=COc1ccn(-c2ccccc2)n1. The van der Waals surface area contributed by atoms with Crippen molar-refractivity contribution in [3.63, 3.8) is 0 Å². The fourth-order valence-corrected chi connectivity index (χ4v) is 1.14. The molecule has 0 amide bonds. The second-order valence-corrected chi connectivity index (χ2v) is 2.65. The predicted molar refractivity (Wildman–Crippen MR) is 50.3 cm³/mol. The lowest BCUT2D eigenvalue weighted by molar-refractivity contribution is -0.120. The lowest BCUT2D eigenvalue weighted by Crippen LogP contribution is -1.95. The van der Waals surface area contributed by atoms with Crippen LogP contribution in [0, 0.1) is 0 Å². The number of carbonyl (C=O) groups excluding carboxylic acids is 1. The van der Waals surface area contributed by atoms with Crippen LogP contribution < -0.4 is 4.74 Å². The van der Waals surface area contributed by atoms with Crippen LogP contribution in [-0.2, 0) is 4.79 Å². The van der Waals surface area contributed by atoms with Crippen LogP contribution in [0.2, 0.25) is 0 Å². The highest BCUT2D eigenvalue weighted by Crippen LogP contribution is 2.10. The van der Waals surface area contributed by atoms with Crippen molar-refractivity contribution in [3.05, 3.63) is 42.6 Å². The molecule has 0 aliphatic heterocycles. The third kappa shape index (κ3) is 1.64. The molecule has 70 valence electrons. The summed E-state index contributed by atoms with van der Waals surface area (Å²) >= 11 is 0. The smallest absolute Gasteiger partial charge is 0.299 e. The first-order chi connectivity index (χ1) is 6.90. The Kier molecular flexibility index (Phi) is 2.27. The van der Waals surface area contributed by atoms with E-state index >= 15 is 0 Å². The summed E-state index contributed by atoms with van der Waals surface area (Å²) < 4.78 is 6.23. The summed E-state index contributed by atoms with van der Waals surface area (Å²) in [5.74, 6) is 0.295. The van der Waals surface area contributed by atoms with Crippen molar-refractivity contribution in [1.29, 1.82) is 0 Å². The molecule has 1 aromatic carbocycles. The van der Waals surface area contributed by atoms with E-state index in [1.165, 1.54) is 0 Å². The van der Waals surface area contributed by atoms with Gasteiger partial charge in [-0.15, -0.1) is 5.10 Å². The highest BCUT2D eigenvalue weighted by atomic mass is 16.5. The van der Waals surface area contributed by atoms with Crippen LogP contribution in [0.15, 0.2) is 42.6 Å². The largest absolute Gasteiger partial charge is 0.408 e. The van der Waals surface area contributed by atoms with Crippen molar-refractivity contribution in [2.75, 3.05) is 0 Å². The molecule has 0 atom stereocenters. The number of rotatable bonds is 3. The van der Waals surface area contributed by atoms with Gasteiger partial charge in [0.2, 0.25) is 5.88 Å². The summed E-state index contributed by atoms with van der Waals surface area (Å²) in [5.41, 5.74) is 0.924. The number of aromatic nitrogens is 2. The van der Waals surface area contributed by atoms with E-state index in [1.807, 2.05) is 30.3 Å². The third-order valence-corrected chi connectivity index (χ3v) is 1.75. The summed E-state index contributed by atoms with van der Waals surface area (Å²) in [6.07, 6.45) is 1.73. The average Bonchev–Trinajstić information content (AvgIpc) is 2.68. The normalized spacial score (nSPS) is 9.71. The van der Waals surface area contributed by atoms with Gasteiger partial charge in [0.1, 0.15) is 0 Å². The number of carbonyl (C=O) groups is 1. The van der Waals surface area contributed by atoms with E-state index in [2.05, 4.69) is 9.84 Å². The average molecular weight is 188 g/mol. The molecule has 0 radical (unpaired) electrons. The molecule has 0 fully saturated rings. The molecule has 1 heterocycles. The van der Waals surface area contributed by atoms with E-state index in [4.69, 9.17) is 0 Å². The Bertz CT molecular complexity index is 423. The summed E-state index contributed by atoms with van der Waals surface area (Å²) in [5, 5.41) is 4.03.